The standard InChI is InChI=1S/C22H25N7O/c30-21(24-13-16-7-1-4-10-19(16)29-15-23-14-25-29)20-17-8-2-3-9-18(17)26-22(27-20)28-11-5-6-12-28/h1,4,7,10,14-15H,2-3,5-6,8-9,11-13H2,(H,24,30). The number of fused-ring (bicyclic) bond motifs is 1. The molecule has 1 fully saturated rings. The van der Waals surface area contributed by atoms with Crippen LogP contribution >= 0.6 is 0 Å². The normalized spacial score (nSPS) is 15.8. The first-order valence-corrected chi connectivity index (χ1v) is 10.7. The van der Waals surface area contributed by atoms with E-state index in [1.807, 2.05) is 24.3 Å². The van der Waals surface area contributed by atoms with Crippen molar-refractivity contribution in [2.75, 3.05) is 18.0 Å². The zero-order chi connectivity index (χ0) is 20.3. The molecule has 0 saturated carbocycles. The molecular formula is C22H25N7O. The molecule has 8 nitrogen and oxygen atoms in total. The van der Waals surface area contributed by atoms with Crippen molar-refractivity contribution in [2.24, 2.45) is 0 Å². The number of hydrogen-bond acceptors (Lipinski definition) is 6. The van der Waals surface area contributed by atoms with Crippen LogP contribution < -0.4 is 10.2 Å². The molecule has 1 N–H and O–H groups in total. The second-order valence-corrected chi connectivity index (χ2v) is 7.85. The highest BCUT2D eigenvalue weighted by Crippen LogP contribution is 2.26. The number of amides is 1. The van der Waals surface area contributed by atoms with Gasteiger partial charge in [0.25, 0.3) is 5.91 Å². The van der Waals surface area contributed by atoms with E-state index < -0.39 is 0 Å². The van der Waals surface area contributed by atoms with Crippen LogP contribution in [0.25, 0.3) is 5.69 Å². The molecule has 154 valence electrons. The summed E-state index contributed by atoms with van der Waals surface area (Å²) >= 11 is 0. The lowest BCUT2D eigenvalue weighted by Crippen LogP contribution is -2.30. The van der Waals surface area contributed by atoms with Gasteiger partial charge in [-0.25, -0.2) is 19.6 Å². The lowest BCUT2D eigenvalue weighted by atomic mass is 9.94. The van der Waals surface area contributed by atoms with Crippen molar-refractivity contribution in [1.29, 1.82) is 0 Å². The lowest BCUT2D eigenvalue weighted by molar-refractivity contribution is 0.0944. The Morgan fingerprint density at radius 1 is 1.03 bits per heavy atom. The first-order chi connectivity index (χ1) is 14.8. The summed E-state index contributed by atoms with van der Waals surface area (Å²) in [6.07, 6.45) is 9.46. The van der Waals surface area contributed by atoms with Crippen LogP contribution in [0.2, 0.25) is 0 Å². The number of aromatic nitrogens is 5. The highest BCUT2D eigenvalue weighted by molar-refractivity contribution is 5.94. The lowest BCUT2D eigenvalue weighted by Gasteiger charge is -2.22. The molecular weight excluding hydrogens is 378 g/mol. The van der Waals surface area contributed by atoms with Gasteiger partial charge >= 0.3 is 0 Å². The molecule has 1 amide bonds. The Bertz CT molecular complexity index is 1040. The number of anilines is 1. The number of rotatable bonds is 5. The molecule has 1 aliphatic carbocycles. The number of benzene rings is 1. The Balaban J connectivity index is 1.41. The Hall–Kier alpha value is -3.29. The number of carbonyl (C=O) groups excluding carboxylic acids is 1. The first kappa shape index (κ1) is 18.7. The number of carbonyl (C=O) groups is 1. The van der Waals surface area contributed by atoms with E-state index in [2.05, 4.69) is 20.3 Å². The molecule has 1 aromatic carbocycles. The van der Waals surface area contributed by atoms with Crippen molar-refractivity contribution in [3.05, 3.63) is 59.4 Å². The fraction of sp³-hybridized carbons (Fsp3) is 0.409. The van der Waals surface area contributed by atoms with Gasteiger partial charge in [-0.2, -0.15) is 5.10 Å². The van der Waals surface area contributed by atoms with Crippen LogP contribution in [-0.4, -0.2) is 43.7 Å². The Morgan fingerprint density at radius 2 is 1.87 bits per heavy atom. The molecule has 0 spiro atoms. The summed E-state index contributed by atoms with van der Waals surface area (Å²) < 4.78 is 1.71. The van der Waals surface area contributed by atoms with Gasteiger partial charge in [-0.05, 0) is 50.2 Å². The maximum Gasteiger partial charge on any atom is 0.270 e. The molecule has 2 aromatic heterocycles. The summed E-state index contributed by atoms with van der Waals surface area (Å²) in [5, 5.41) is 7.29. The van der Waals surface area contributed by atoms with Gasteiger partial charge in [-0.3, -0.25) is 4.79 Å². The zero-order valence-corrected chi connectivity index (χ0v) is 16.9. The van der Waals surface area contributed by atoms with E-state index in [1.165, 1.54) is 6.33 Å². The Morgan fingerprint density at radius 3 is 2.70 bits per heavy atom. The molecule has 0 bridgehead atoms. The predicted octanol–water partition coefficient (Wildman–Crippen LogP) is 2.47. The van der Waals surface area contributed by atoms with Crippen LogP contribution in [0.1, 0.15) is 53.0 Å². The number of aryl methyl sites for hydroxylation is 1. The minimum atomic E-state index is -0.135. The second kappa shape index (κ2) is 8.22. The van der Waals surface area contributed by atoms with Crippen LogP contribution in [0.5, 0.6) is 0 Å². The van der Waals surface area contributed by atoms with E-state index in [-0.39, 0.29) is 5.91 Å². The van der Waals surface area contributed by atoms with Gasteiger partial charge in [-0.15, -0.1) is 0 Å². The fourth-order valence-electron chi connectivity index (χ4n) is 4.30. The van der Waals surface area contributed by atoms with Crippen LogP contribution in [0.3, 0.4) is 0 Å². The van der Waals surface area contributed by atoms with E-state index in [9.17, 15) is 4.79 Å². The molecule has 5 rings (SSSR count). The highest BCUT2D eigenvalue weighted by Gasteiger charge is 2.25. The number of nitrogens with one attached hydrogen (secondary N) is 1. The fourth-order valence-corrected chi connectivity index (χ4v) is 4.30. The molecule has 0 unspecified atom stereocenters. The van der Waals surface area contributed by atoms with E-state index in [1.54, 1.807) is 11.0 Å². The smallest absolute Gasteiger partial charge is 0.270 e. The van der Waals surface area contributed by atoms with Crippen molar-refractivity contribution in [3.8, 4) is 5.69 Å². The first-order valence-electron chi connectivity index (χ1n) is 10.7. The summed E-state index contributed by atoms with van der Waals surface area (Å²) in [5.74, 6) is 0.575. The molecule has 30 heavy (non-hydrogen) atoms. The topological polar surface area (TPSA) is 88.8 Å². The summed E-state index contributed by atoms with van der Waals surface area (Å²) in [5.41, 5.74) is 4.48. The largest absolute Gasteiger partial charge is 0.347 e. The summed E-state index contributed by atoms with van der Waals surface area (Å²) in [6, 6.07) is 7.86. The molecule has 1 aliphatic heterocycles. The van der Waals surface area contributed by atoms with Gasteiger partial charge in [0.15, 0.2) is 0 Å². The monoisotopic (exact) mass is 403 g/mol. The third-order valence-electron chi connectivity index (χ3n) is 5.87. The van der Waals surface area contributed by atoms with Gasteiger partial charge in [0.2, 0.25) is 5.95 Å². The van der Waals surface area contributed by atoms with Gasteiger partial charge < -0.3 is 10.2 Å². The third kappa shape index (κ3) is 3.65. The maximum atomic E-state index is 13.2. The van der Waals surface area contributed by atoms with Crippen LogP contribution in [0.4, 0.5) is 5.95 Å². The summed E-state index contributed by atoms with van der Waals surface area (Å²) in [6.45, 7) is 2.32. The Kier molecular flexibility index (Phi) is 5.13. The molecule has 8 heteroatoms. The minimum Gasteiger partial charge on any atom is -0.347 e. The zero-order valence-electron chi connectivity index (χ0n) is 16.9. The van der Waals surface area contributed by atoms with E-state index >= 15 is 0 Å². The number of para-hydroxylation sites is 1. The minimum absolute atomic E-state index is 0.135. The molecule has 2 aliphatic rings. The highest BCUT2D eigenvalue weighted by atomic mass is 16.1. The van der Waals surface area contributed by atoms with Crippen molar-refractivity contribution in [1.82, 2.24) is 30.0 Å². The van der Waals surface area contributed by atoms with E-state index in [0.717, 1.165) is 74.1 Å². The van der Waals surface area contributed by atoms with Crippen molar-refractivity contribution in [3.63, 3.8) is 0 Å². The van der Waals surface area contributed by atoms with Gasteiger partial charge in [0.05, 0.1) is 5.69 Å². The van der Waals surface area contributed by atoms with E-state index in [0.29, 0.717) is 18.2 Å². The van der Waals surface area contributed by atoms with E-state index in [4.69, 9.17) is 9.97 Å². The molecule has 1 saturated heterocycles. The van der Waals surface area contributed by atoms with Gasteiger partial charge in [0.1, 0.15) is 18.3 Å². The van der Waals surface area contributed by atoms with Crippen LogP contribution in [0, 0.1) is 0 Å². The quantitative estimate of drug-likeness (QED) is 0.704. The van der Waals surface area contributed by atoms with Crippen molar-refractivity contribution < 1.29 is 4.79 Å². The number of nitrogens with zero attached hydrogens (tertiary/aromatic N) is 6. The number of hydrogen-bond donors (Lipinski definition) is 1. The molecule has 0 atom stereocenters. The SMILES string of the molecule is O=C(NCc1ccccc1-n1cncn1)c1nc(N2CCCC2)nc2c1CCCC2. The average molecular weight is 403 g/mol. The Labute approximate surface area is 175 Å². The molecule has 3 heterocycles. The molecule has 0 radical (unpaired) electrons. The summed E-state index contributed by atoms with van der Waals surface area (Å²) in [7, 11) is 0. The van der Waals surface area contributed by atoms with Crippen molar-refractivity contribution >= 4 is 11.9 Å². The third-order valence-corrected chi connectivity index (χ3v) is 5.87. The van der Waals surface area contributed by atoms with Crippen LogP contribution in [-0.2, 0) is 19.4 Å². The summed E-state index contributed by atoms with van der Waals surface area (Å²) in [4.78, 5) is 29.0. The second-order valence-electron chi connectivity index (χ2n) is 7.85. The van der Waals surface area contributed by atoms with Crippen molar-refractivity contribution in [2.45, 2.75) is 45.1 Å². The van der Waals surface area contributed by atoms with Gasteiger partial charge in [0, 0.05) is 30.9 Å². The maximum absolute atomic E-state index is 13.2. The average Bonchev–Trinajstić information content (AvgIpc) is 3.51. The predicted molar refractivity (Wildman–Crippen MR) is 113 cm³/mol. The van der Waals surface area contributed by atoms with Gasteiger partial charge in [-0.1, -0.05) is 18.2 Å². The van der Waals surface area contributed by atoms with Crippen LogP contribution in [0.15, 0.2) is 36.9 Å². The molecule has 3 aromatic rings.